The zero-order valence-corrected chi connectivity index (χ0v) is 15.2. The van der Waals surface area contributed by atoms with Gasteiger partial charge in [0.2, 0.25) is 5.78 Å². The second kappa shape index (κ2) is 8.66. The number of carbonyl (C=O) groups is 1. The largest absolute Gasteiger partial charge is 0.467 e. The van der Waals surface area contributed by atoms with E-state index in [1.807, 2.05) is 0 Å². The van der Waals surface area contributed by atoms with Crippen LogP contribution in [-0.4, -0.2) is 15.9 Å². The standard InChI is InChI=1S/C20H17FN2O3S/c21-16-7-5-15(6-8-16)19(25)18(23-9-1-3-14(12-23)13-24)20(27)22-11-17-4-2-10-26-17/h1-10,12,18,24H,11,13H2/p+1/t18-/m1/s1. The lowest BCUT2D eigenvalue weighted by molar-refractivity contribution is -0.692. The first-order valence-corrected chi connectivity index (χ1v) is 8.69. The van der Waals surface area contributed by atoms with Gasteiger partial charge in [0.1, 0.15) is 11.6 Å². The first-order chi connectivity index (χ1) is 13.1. The monoisotopic (exact) mass is 385 g/mol. The Morgan fingerprint density at radius 1 is 1.22 bits per heavy atom. The highest BCUT2D eigenvalue weighted by atomic mass is 32.1. The number of aliphatic hydroxyl groups is 1. The fourth-order valence-corrected chi connectivity index (χ4v) is 2.94. The molecule has 0 bridgehead atoms. The van der Waals surface area contributed by atoms with Gasteiger partial charge in [-0.25, -0.2) is 4.39 Å². The van der Waals surface area contributed by atoms with Crippen LogP contribution in [0.2, 0.25) is 0 Å². The molecule has 0 spiro atoms. The second-order valence-electron chi connectivity index (χ2n) is 5.89. The molecule has 0 saturated carbocycles. The lowest BCUT2D eigenvalue weighted by Crippen LogP contribution is -2.51. The molecule has 2 aromatic heterocycles. The number of nitrogens with zero attached hydrogens (tertiary/aromatic N) is 1. The van der Waals surface area contributed by atoms with Crippen molar-refractivity contribution in [3.63, 3.8) is 0 Å². The van der Waals surface area contributed by atoms with Crippen molar-refractivity contribution < 1.29 is 23.3 Å². The zero-order chi connectivity index (χ0) is 19.2. The van der Waals surface area contributed by atoms with Crippen LogP contribution in [0.1, 0.15) is 27.7 Å². The van der Waals surface area contributed by atoms with Crippen LogP contribution < -0.4 is 9.88 Å². The minimum Gasteiger partial charge on any atom is -0.467 e. The topological polar surface area (TPSA) is 66.4 Å². The summed E-state index contributed by atoms with van der Waals surface area (Å²) in [4.78, 5) is 13.4. The Balaban J connectivity index is 1.90. The maximum Gasteiger partial charge on any atom is 0.270 e. The van der Waals surface area contributed by atoms with Crippen molar-refractivity contribution in [2.75, 3.05) is 0 Å². The molecule has 0 radical (unpaired) electrons. The number of hydrogen-bond donors (Lipinski definition) is 2. The van der Waals surface area contributed by atoms with Crippen LogP contribution in [-0.2, 0) is 13.2 Å². The van der Waals surface area contributed by atoms with Gasteiger partial charge in [0, 0.05) is 17.2 Å². The third-order valence-corrected chi connectivity index (χ3v) is 4.37. The summed E-state index contributed by atoms with van der Waals surface area (Å²) in [5, 5.41) is 12.4. The number of aromatic nitrogens is 1. The van der Waals surface area contributed by atoms with E-state index in [1.54, 1.807) is 47.5 Å². The lowest BCUT2D eigenvalue weighted by atomic mass is 10.0. The van der Waals surface area contributed by atoms with Gasteiger partial charge < -0.3 is 14.8 Å². The van der Waals surface area contributed by atoms with Crippen LogP contribution in [0.25, 0.3) is 0 Å². The number of ketones is 1. The summed E-state index contributed by atoms with van der Waals surface area (Å²) in [6.07, 6.45) is 4.92. The van der Waals surface area contributed by atoms with Gasteiger partial charge in [-0.15, -0.1) is 0 Å². The molecular weight excluding hydrogens is 367 g/mol. The first-order valence-electron chi connectivity index (χ1n) is 8.29. The molecule has 3 aromatic rings. The van der Waals surface area contributed by atoms with Crippen molar-refractivity contribution in [3.8, 4) is 0 Å². The number of thiocarbonyl (C=S) groups is 1. The molecule has 0 fully saturated rings. The van der Waals surface area contributed by atoms with Crippen molar-refractivity contribution in [1.29, 1.82) is 0 Å². The number of nitrogens with one attached hydrogen (secondary N) is 1. The fourth-order valence-electron chi connectivity index (χ4n) is 2.64. The summed E-state index contributed by atoms with van der Waals surface area (Å²) in [5.74, 6) is -0.0250. The number of carbonyl (C=O) groups excluding carboxylic acids is 1. The normalized spacial score (nSPS) is 11.8. The smallest absolute Gasteiger partial charge is 0.270 e. The number of hydrogen-bond acceptors (Lipinski definition) is 4. The summed E-state index contributed by atoms with van der Waals surface area (Å²) >= 11 is 5.48. The second-order valence-corrected chi connectivity index (χ2v) is 6.33. The van der Waals surface area contributed by atoms with Crippen LogP contribution in [0, 0.1) is 5.82 Å². The number of aliphatic hydroxyl groups excluding tert-OH is 1. The molecule has 0 unspecified atom stereocenters. The molecule has 5 nitrogen and oxygen atoms in total. The minimum atomic E-state index is -0.841. The maximum atomic E-state index is 13.2. The van der Waals surface area contributed by atoms with E-state index in [0.29, 0.717) is 28.4 Å². The Labute approximate surface area is 161 Å². The molecule has 0 amide bonds. The van der Waals surface area contributed by atoms with Crippen LogP contribution in [0.4, 0.5) is 4.39 Å². The molecule has 138 valence electrons. The van der Waals surface area contributed by atoms with Gasteiger partial charge in [-0.05, 0) is 42.5 Å². The van der Waals surface area contributed by atoms with Crippen LogP contribution in [0.15, 0.2) is 71.6 Å². The quantitative estimate of drug-likeness (QED) is 0.372. The average molecular weight is 385 g/mol. The highest BCUT2D eigenvalue weighted by molar-refractivity contribution is 7.80. The Morgan fingerprint density at radius 2 is 2.00 bits per heavy atom. The maximum absolute atomic E-state index is 13.2. The van der Waals surface area contributed by atoms with Gasteiger partial charge in [-0.3, -0.25) is 4.79 Å². The minimum absolute atomic E-state index is 0.162. The van der Waals surface area contributed by atoms with E-state index in [2.05, 4.69) is 5.32 Å². The molecule has 2 heterocycles. The van der Waals surface area contributed by atoms with Crippen molar-refractivity contribution in [2.45, 2.75) is 19.2 Å². The van der Waals surface area contributed by atoms with Gasteiger partial charge >= 0.3 is 0 Å². The van der Waals surface area contributed by atoms with Crippen molar-refractivity contribution >= 4 is 23.0 Å². The SMILES string of the molecule is O=C(c1ccc(F)cc1)[C@H](C(=S)NCc1ccco1)[n+]1cccc(CO)c1. The molecule has 0 saturated heterocycles. The van der Waals surface area contributed by atoms with Crippen molar-refractivity contribution in [3.05, 3.63) is 89.9 Å². The third-order valence-electron chi connectivity index (χ3n) is 4.01. The Kier molecular flexibility index (Phi) is 6.05. The van der Waals surface area contributed by atoms with E-state index in [0.717, 1.165) is 0 Å². The first kappa shape index (κ1) is 18.9. The zero-order valence-electron chi connectivity index (χ0n) is 14.3. The highest BCUT2D eigenvalue weighted by Gasteiger charge is 2.33. The number of benzene rings is 1. The molecule has 1 atom stereocenters. The Morgan fingerprint density at radius 3 is 2.67 bits per heavy atom. The molecule has 0 aliphatic carbocycles. The van der Waals surface area contributed by atoms with Crippen LogP contribution >= 0.6 is 12.2 Å². The fraction of sp³-hybridized carbons (Fsp3) is 0.150. The molecule has 0 aliphatic rings. The molecule has 7 heteroatoms. The number of furan rings is 1. The summed E-state index contributed by atoms with van der Waals surface area (Å²) in [6, 6.07) is 11.5. The van der Waals surface area contributed by atoms with E-state index in [1.165, 1.54) is 24.3 Å². The van der Waals surface area contributed by atoms with Crippen molar-refractivity contribution in [1.82, 2.24) is 5.32 Å². The Hall–Kier alpha value is -2.90. The number of pyridine rings is 1. The molecular formula is C20H18FN2O3S+. The molecule has 2 N–H and O–H groups in total. The van der Waals surface area contributed by atoms with E-state index >= 15 is 0 Å². The Bertz CT molecular complexity index is 927. The van der Waals surface area contributed by atoms with Gasteiger partial charge in [0.05, 0.1) is 19.4 Å². The van der Waals surface area contributed by atoms with E-state index in [9.17, 15) is 14.3 Å². The molecule has 0 aliphatic heterocycles. The van der Waals surface area contributed by atoms with Crippen LogP contribution in [0.3, 0.4) is 0 Å². The summed E-state index contributed by atoms with van der Waals surface area (Å²) in [6.45, 7) is 0.171. The van der Waals surface area contributed by atoms with Crippen molar-refractivity contribution in [2.24, 2.45) is 0 Å². The van der Waals surface area contributed by atoms with Gasteiger partial charge in [0.25, 0.3) is 6.04 Å². The molecule has 3 rings (SSSR count). The van der Waals surface area contributed by atoms with Gasteiger partial charge in [-0.1, -0.05) is 12.2 Å². The average Bonchev–Trinajstić information content (AvgIpc) is 3.21. The molecule has 1 aromatic carbocycles. The summed E-state index contributed by atoms with van der Waals surface area (Å²) in [7, 11) is 0. The number of halogens is 1. The van der Waals surface area contributed by atoms with E-state index in [-0.39, 0.29) is 12.4 Å². The predicted molar refractivity (Wildman–Crippen MR) is 100 cm³/mol. The van der Waals surface area contributed by atoms with Gasteiger partial charge in [-0.2, -0.15) is 4.57 Å². The summed E-state index contributed by atoms with van der Waals surface area (Å²) < 4.78 is 20.1. The highest BCUT2D eigenvalue weighted by Crippen LogP contribution is 2.13. The van der Waals surface area contributed by atoms with E-state index in [4.69, 9.17) is 16.6 Å². The number of Topliss-reactive ketones (excluding diaryl/α,β-unsaturated/α-hetero) is 1. The molecule has 27 heavy (non-hydrogen) atoms. The lowest BCUT2D eigenvalue weighted by Gasteiger charge is -2.14. The van der Waals surface area contributed by atoms with E-state index < -0.39 is 11.9 Å². The predicted octanol–water partition coefficient (Wildman–Crippen LogP) is 2.74. The summed E-state index contributed by atoms with van der Waals surface area (Å²) in [5.41, 5.74) is 0.980. The third kappa shape index (κ3) is 4.64. The number of rotatable bonds is 7. The van der Waals surface area contributed by atoms with Crippen LogP contribution in [0.5, 0.6) is 0 Å². The van der Waals surface area contributed by atoms with Gasteiger partial charge in [0.15, 0.2) is 17.4 Å².